The summed E-state index contributed by atoms with van der Waals surface area (Å²) in [7, 11) is 0. The number of anilines is 1. The van der Waals surface area contributed by atoms with Gasteiger partial charge in [-0.2, -0.15) is 0 Å². The van der Waals surface area contributed by atoms with E-state index in [1.54, 1.807) is 18.2 Å². The summed E-state index contributed by atoms with van der Waals surface area (Å²) in [6.07, 6.45) is 1.37. The topological polar surface area (TPSA) is 64.4 Å². The lowest BCUT2D eigenvalue weighted by atomic mass is 10.2. The van der Waals surface area contributed by atoms with Crippen LogP contribution in [0.25, 0.3) is 11.1 Å². The van der Waals surface area contributed by atoms with Crippen molar-refractivity contribution >= 4 is 22.7 Å². The molecule has 0 spiro atoms. The molecule has 0 aliphatic heterocycles. The van der Waals surface area contributed by atoms with Gasteiger partial charge in [0.1, 0.15) is 11.3 Å². The van der Waals surface area contributed by atoms with E-state index in [4.69, 9.17) is 9.15 Å². The van der Waals surface area contributed by atoms with Crippen LogP contribution in [0.2, 0.25) is 0 Å². The second kappa shape index (κ2) is 5.66. The Morgan fingerprint density at radius 3 is 2.86 bits per heavy atom. The molecule has 0 saturated carbocycles. The van der Waals surface area contributed by atoms with Crippen LogP contribution in [0.15, 0.2) is 53.3 Å². The second-order valence-corrected chi connectivity index (χ2v) is 4.68. The van der Waals surface area contributed by atoms with Crippen molar-refractivity contribution in [3.8, 4) is 5.75 Å². The Kier molecular flexibility index (Phi) is 3.55. The van der Waals surface area contributed by atoms with Gasteiger partial charge in [-0.1, -0.05) is 17.7 Å². The molecule has 0 radical (unpaired) electrons. The van der Waals surface area contributed by atoms with E-state index in [0.29, 0.717) is 22.5 Å². The first kappa shape index (κ1) is 13.2. The van der Waals surface area contributed by atoms with Crippen LogP contribution in [-0.4, -0.2) is 17.5 Å². The second-order valence-electron chi connectivity index (χ2n) is 4.68. The van der Waals surface area contributed by atoms with Gasteiger partial charge in [-0.3, -0.25) is 4.79 Å². The molecule has 2 aromatic carbocycles. The number of benzene rings is 2. The lowest BCUT2D eigenvalue weighted by molar-refractivity contribution is -0.118. The number of nitrogens with one attached hydrogen (secondary N) is 1. The van der Waals surface area contributed by atoms with Gasteiger partial charge in [-0.05, 0) is 37.3 Å². The molecule has 5 nitrogen and oxygen atoms in total. The molecular weight excluding hydrogens is 268 g/mol. The Morgan fingerprint density at radius 2 is 2.05 bits per heavy atom. The molecule has 0 bridgehead atoms. The lowest BCUT2D eigenvalue weighted by Gasteiger charge is -2.07. The van der Waals surface area contributed by atoms with Crippen molar-refractivity contribution < 1.29 is 13.9 Å². The molecule has 0 saturated heterocycles. The normalized spacial score (nSPS) is 10.5. The summed E-state index contributed by atoms with van der Waals surface area (Å²) in [5.41, 5.74) is 3.19. The smallest absolute Gasteiger partial charge is 0.262 e. The minimum Gasteiger partial charge on any atom is -0.484 e. The monoisotopic (exact) mass is 282 g/mol. The highest BCUT2D eigenvalue weighted by atomic mass is 16.5. The fourth-order valence-corrected chi connectivity index (χ4v) is 1.92. The molecule has 1 aromatic heterocycles. The Bertz CT molecular complexity index is 763. The van der Waals surface area contributed by atoms with Crippen LogP contribution in [-0.2, 0) is 4.79 Å². The first-order valence-electron chi connectivity index (χ1n) is 6.53. The van der Waals surface area contributed by atoms with Gasteiger partial charge in [0, 0.05) is 5.69 Å². The number of ether oxygens (including phenoxy) is 1. The Hall–Kier alpha value is -2.82. The van der Waals surface area contributed by atoms with Crippen LogP contribution >= 0.6 is 0 Å². The average Bonchev–Trinajstić information content (AvgIpc) is 2.94. The number of rotatable bonds is 4. The molecule has 1 amide bonds. The number of hydrogen-bond acceptors (Lipinski definition) is 4. The lowest BCUT2D eigenvalue weighted by Crippen LogP contribution is -2.20. The summed E-state index contributed by atoms with van der Waals surface area (Å²) in [5.74, 6) is 0.445. The van der Waals surface area contributed by atoms with E-state index < -0.39 is 0 Å². The zero-order valence-corrected chi connectivity index (χ0v) is 11.5. The summed E-state index contributed by atoms with van der Waals surface area (Å²) in [6.45, 7) is 1.95. The number of carbonyl (C=O) groups excluding carboxylic acids is 1. The minimum absolute atomic E-state index is 0.0418. The van der Waals surface area contributed by atoms with E-state index in [1.165, 1.54) is 6.39 Å². The van der Waals surface area contributed by atoms with Gasteiger partial charge in [0.25, 0.3) is 5.91 Å². The molecule has 3 aromatic rings. The maximum absolute atomic E-state index is 11.8. The number of carbonyl (C=O) groups is 1. The van der Waals surface area contributed by atoms with Crippen molar-refractivity contribution in [3.63, 3.8) is 0 Å². The molecule has 5 heteroatoms. The number of fused-ring (bicyclic) bond motifs is 1. The number of hydrogen-bond donors (Lipinski definition) is 1. The van der Waals surface area contributed by atoms with Crippen molar-refractivity contribution in [1.29, 1.82) is 0 Å². The molecular formula is C16H14N2O3. The number of aryl methyl sites for hydroxylation is 1. The predicted molar refractivity (Wildman–Crippen MR) is 79.3 cm³/mol. The molecule has 1 heterocycles. The van der Waals surface area contributed by atoms with Gasteiger partial charge in [-0.15, -0.1) is 0 Å². The Labute approximate surface area is 121 Å². The molecule has 0 unspecified atom stereocenters. The van der Waals surface area contributed by atoms with E-state index in [9.17, 15) is 4.79 Å². The van der Waals surface area contributed by atoms with Gasteiger partial charge in [0.15, 0.2) is 18.6 Å². The number of oxazole rings is 1. The van der Waals surface area contributed by atoms with Crippen LogP contribution < -0.4 is 10.1 Å². The third kappa shape index (κ3) is 3.20. The molecule has 0 fully saturated rings. The highest BCUT2D eigenvalue weighted by Gasteiger charge is 2.06. The zero-order valence-electron chi connectivity index (χ0n) is 11.5. The zero-order chi connectivity index (χ0) is 14.7. The number of aromatic nitrogens is 1. The maximum atomic E-state index is 11.8. The molecule has 106 valence electrons. The summed E-state index contributed by atoms with van der Waals surface area (Å²) >= 11 is 0. The van der Waals surface area contributed by atoms with Crippen molar-refractivity contribution in [2.75, 3.05) is 11.9 Å². The standard InChI is InChI=1S/C16H14N2O3/c1-11-2-5-13(6-3-11)20-9-16(19)18-12-4-7-15-14(8-12)17-10-21-15/h2-8,10H,9H2,1H3,(H,18,19). The highest BCUT2D eigenvalue weighted by Crippen LogP contribution is 2.17. The number of nitrogens with zero attached hydrogens (tertiary/aromatic N) is 1. The van der Waals surface area contributed by atoms with Gasteiger partial charge in [0.05, 0.1) is 0 Å². The molecule has 0 aliphatic rings. The van der Waals surface area contributed by atoms with E-state index in [1.807, 2.05) is 31.2 Å². The first-order valence-corrected chi connectivity index (χ1v) is 6.53. The van der Waals surface area contributed by atoms with Gasteiger partial charge >= 0.3 is 0 Å². The fraction of sp³-hybridized carbons (Fsp3) is 0.125. The van der Waals surface area contributed by atoms with Crippen molar-refractivity contribution in [1.82, 2.24) is 4.98 Å². The van der Waals surface area contributed by atoms with Crippen LogP contribution in [0.3, 0.4) is 0 Å². The molecule has 21 heavy (non-hydrogen) atoms. The average molecular weight is 282 g/mol. The first-order chi connectivity index (χ1) is 10.2. The van der Waals surface area contributed by atoms with Crippen molar-refractivity contribution in [2.24, 2.45) is 0 Å². The van der Waals surface area contributed by atoms with Crippen LogP contribution in [0.4, 0.5) is 5.69 Å². The van der Waals surface area contributed by atoms with E-state index >= 15 is 0 Å². The molecule has 3 rings (SSSR count). The third-order valence-electron chi connectivity index (χ3n) is 3.01. The van der Waals surface area contributed by atoms with Gasteiger partial charge in [-0.25, -0.2) is 4.98 Å². The SMILES string of the molecule is Cc1ccc(OCC(=O)Nc2ccc3ocnc3c2)cc1. The maximum Gasteiger partial charge on any atom is 0.262 e. The summed E-state index contributed by atoms with van der Waals surface area (Å²) < 4.78 is 10.6. The van der Waals surface area contributed by atoms with Gasteiger partial charge < -0.3 is 14.5 Å². The number of amides is 1. The van der Waals surface area contributed by atoms with Crippen molar-refractivity contribution in [3.05, 3.63) is 54.4 Å². The quantitative estimate of drug-likeness (QED) is 0.798. The van der Waals surface area contributed by atoms with E-state index in [0.717, 1.165) is 5.56 Å². The summed E-state index contributed by atoms with van der Waals surface area (Å²) in [6, 6.07) is 12.8. The third-order valence-corrected chi connectivity index (χ3v) is 3.01. The van der Waals surface area contributed by atoms with E-state index in [2.05, 4.69) is 10.3 Å². The predicted octanol–water partition coefficient (Wildman–Crippen LogP) is 3.15. The fourth-order valence-electron chi connectivity index (χ4n) is 1.92. The molecule has 0 aliphatic carbocycles. The van der Waals surface area contributed by atoms with E-state index in [-0.39, 0.29) is 12.5 Å². The Morgan fingerprint density at radius 1 is 1.24 bits per heavy atom. The summed E-state index contributed by atoms with van der Waals surface area (Å²) in [5, 5.41) is 2.76. The summed E-state index contributed by atoms with van der Waals surface area (Å²) in [4.78, 5) is 15.9. The Balaban J connectivity index is 1.59. The molecule has 0 atom stereocenters. The van der Waals surface area contributed by atoms with Crippen LogP contribution in [0, 0.1) is 6.92 Å². The highest BCUT2D eigenvalue weighted by molar-refractivity contribution is 5.93. The van der Waals surface area contributed by atoms with Gasteiger partial charge in [0.2, 0.25) is 0 Å². The largest absolute Gasteiger partial charge is 0.484 e. The molecule has 1 N–H and O–H groups in total. The van der Waals surface area contributed by atoms with Crippen LogP contribution in [0.1, 0.15) is 5.56 Å². The van der Waals surface area contributed by atoms with Crippen molar-refractivity contribution in [2.45, 2.75) is 6.92 Å². The minimum atomic E-state index is -0.224. The van der Waals surface area contributed by atoms with Crippen LogP contribution in [0.5, 0.6) is 5.75 Å².